The summed E-state index contributed by atoms with van der Waals surface area (Å²) < 4.78 is 22.2. The number of amides is 1. The fourth-order valence-electron chi connectivity index (χ4n) is 4.57. The van der Waals surface area contributed by atoms with Crippen molar-refractivity contribution in [3.63, 3.8) is 0 Å². The van der Waals surface area contributed by atoms with E-state index in [0.29, 0.717) is 42.7 Å². The quantitative estimate of drug-likeness (QED) is 0.503. The molecule has 36 heavy (non-hydrogen) atoms. The zero-order valence-electron chi connectivity index (χ0n) is 20.9. The van der Waals surface area contributed by atoms with Crippen LogP contribution in [0.5, 0.6) is 17.2 Å². The van der Waals surface area contributed by atoms with Gasteiger partial charge in [0.25, 0.3) is 5.91 Å². The molecule has 9 nitrogen and oxygen atoms in total. The molecule has 1 fully saturated rings. The summed E-state index contributed by atoms with van der Waals surface area (Å²) >= 11 is 0. The number of nitrogens with zero attached hydrogens (tertiary/aromatic N) is 3. The van der Waals surface area contributed by atoms with Crippen LogP contribution in [0.3, 0.4) is 0 Å². The highest BCUT2D eigenvalue weighted by Crippen LogP contribution is 2.36. The van der Waals surface area contributed by atoms with Gasteiger partial charge in [-0.1, -0.05) is 6.07 Å². The molecule has 1 amide bonds. The number of aryl methyl sites for hydroxylation is 1. The van der Waals surface area contributed by atoms with E-state index >= 15 is 0 Å². The predicted octanol–water partition coefficient (Wildman–Crippen LogP) is 4.20. The molecular formula is C27H30N4O5. The Hall–Kier alpha value is -3.98. The normalized spacial score (nSPS) is 18.9. The molecule has 0 spiro atoms. The average molecular weight is 491 g/mol. The second-order valence-corrected chi connectivity index (χ2v) is 8.70. The van der Waals surface area contributed by atoms with Crippen molar-refractivity contribution in [1.29, 1.82) is 0 Å². The van der Waals surface area contributed by atoms with Crippen LogP contribution in [-0.2, 0) is 11.3 Å². The van der Waals surface area contributed by atoms with Gasteiger partial charge in [-0.25, -0.2) is 10.4 Å². The number of hydrogen-bond acceptors (Lipinski definition) is 8. The van der Waals surface area contributed by atoms with E-state index in [2.05, 4.69) is 10.4 Å². The molecule has 0 saturated carbocycles. The zero-order valence-corrected chi connectivity index (χ0v) is 20.9. The van der Waals surface area contributed by atoms with Gasteiger partial charge in [0.1, 0.15) is 23.2 Å². The van der Waals surface area contributed by atoms with Crippen molar-refractivity contribution in [2.24, 2.45) is 0 Å². The number of carbonyl (C=O) groups excluding carboxylic acids is 1. The van der Waals surface area contributed by atoms with E-state index in [1.54, 1.807) is 25.3 Å². The molecule has 1 aromatic heterocycles. The van der Waals surface area contributed by atoms with Gasteiger partial charge in [-0.05, 0) is 62.2 Å². The van der Waals surface area contributed by atoms with Crippen LogP contribution < -0.4 is 19.6 Å². The number of carbonyl (C=O) groups is 1. The number of fused-ring (bicyclic) bond motifs is 1. The third kappa shape index (κ3) is 4.49. The van der Waals surface area contributed by atoms with Crippen LogP contribution in [0.2, 0.25) is 0 Å². The number of methoxy groups -OCH3 is 2. The van der Waals surface area contributed by atoms with Crippen molar-refractivity contribution in [3.8, 4) is 28.7 Å². The van der Waals surface area contributed by atoms with E-state index < -0.39 is 0 Å². The van der Waals surface area contributed by atoms with Crippen molar-refractivity contribution in [1.82, 2.24) is 20.3 Å². The van der Waals surface area contributed by atoms with Crippen LogP contribution >= 0.6 is 0 Å². The summed E-state index contributed by atoms with van der Waals surface area (Å²) in [5.41, 5.74) is 6.04. The highest BCUT2D eigenvalue weighted by atomic mass is 16.5. The largest absolute Gasteiger partial charge is 0.494 e. The van der Waals surface area contributed by atoms with Crippen molar-refractivity contribution >= 4 is 5.91 Å². The molecule has 1 saturated heterocycles. The standard InChI is InChI=1S/C27H30N4O5/c1-5-35-20-9-6-18(7-10-20)26-28-22(17(2)36-26)16-30-12-13-31-23(27(30)32)15-21(29-31)19-8-11-24(33-3)25(14-19)34-4/h6-14,21,23,29H,5,15-16H2,1-4H3. The number of hydrazine groups is 1. The minimum atomic E-state index is -0.314. The number of benzene rings is 2. The number of hydrogen-bond donors (Lipinski definition) is 1. The number of ether oxygens (including phenoxy) is 3. The topological polar surface area (TPSA) is 89.3 Å². The van der Waals surface area contributed by atoms with Gasteiger partial charge in [0, 0.05) is 18.0 Å². The Morgan fingerprint density at radius 1 is 1.08 bits per heavy atom. The fourth-order valence-corrected chi connectivity index (χ4v) is 4.57. The van der Waals surface area contributed by atoms with Gasteiger partial charge in [-0.3, -0.25) is 4.79 Å². The molecule has 3 heterocycles. The molecule has 0 aliphatic carbocycles. The SMILES string of the molecule is CCOc1ccc(-c2nc(CN3C=CN4NC(c5ccc(OC)c(OC)c5)CC4C3=O)c(C)o2)cc1. The lowest BCUT2D eigenvalue weighted by Gasteiger charge is -2.31. The molecule has 188 valence electrons. The lowest BCUT2D eigenvalue weighted by Crippen LogP contribution is -2.47. The van der Waals surface area contributed by atoms with Crippen molar-refractivity contribution in [2.45, 2.75) is 38.9 Å². The van der Waals surface area contributed by atoms with Gasteiger partial charge < -0.3 is 28.5 Å². The molecule has 2 aromatic carbocycles. The molecule has 2 aliphatic rings. The van der Waals surface area contributed by atoms with E-state index in [4.69, 9.17) is 18.6 Å². The van der Waals surface area contributed by atoms with Crippen LogP contribution in [0.1, 0.15) is 36.4 Å². The fraction of sp³-hybridized carbons (Fsp3) is 0.333. The first-order valence-electron chi connectivity index (χ1n) is 12.0. The van der Waals surface area contributed by atoms with Gasteiger partial charge in [0.2, 0.25) is 5.89 Å². The smallest absolute Gasteiger partial charge is 0.251 e. The third-order valence-corrected chi connectivity index (χ3v) is 6.51. The number of aromatic nitrogens is 1. The zero-order chi connectivity index (χ0) is 25.2. The Bertz CT molecular complexity index is 1270. The molecule has 9 heteroatoms. The molecule has 2 unspecified atom stereocenters. The van der Waals surface area contributed by atoms with Gasteiger partial charge in [-0.2, -0.15) is 0 Å². The molecule has 1 N–H and O–H groups in total. The van der Waals surface area contributed by atoms with Crippen molar-refractivity contribution < 1.29 is 23.4 Å². The maximum absolute atomic E-state index is 13.4. The molecule has 2 aliphatic heterocycles. The summed E-state index contributed by atoms with van der Waals surface area (Å²) in [6.45, 7) is 4.77. The van der Waals surface area contributed by atoms with Crippen molar-refractivity contribution in [2.75, 3.05) is 20.8 Å². The maximum Gasteiger partial charge on any atom is 0.251 e. The summed E-state index contributed by atoms with van der Waals surface area (Å²) in [4.78, 5) is 19.8. The van der Waals surface area contributed by atoms with E-state index in [1.807, 2.05) is 67.5 Å². The van der Waals surface area contributed by atoms with Gasteiger partial charge in [-0.15, -0.1) is 0 Å². The van der Waals surface area contributed by atoms with Crippen LogP contribution in [0.4, 0.5) is 0 Å². The Morgan fingerprint density at radius 3 is 2.58 bits per heavy atom. The van der Waals surface area contributed by atoms with E-state index in [9.17, 15) is 4.79 Å². The summed E-state index contributed by atoms with van der Waals surface area (Å²) in [6.07, 6.45) is 4.31. The highest BCUT2D eigenvalue weighted by Gasteiger charge is 2.40. The van der Waals surface area contributed by atoms with Crippen molar-refractivity contribution in [3.05, 3.63) is 71.9 Å². The highest BCUT2D eigenvalue weighted by molar-refractivity contribution is 5.84. The second-order valence-electron chi connectivity index (χ2n) is 8.70. The molecule has 0 bridgehead atoms. The van der Waals surface area contributed by atoms with Gasteiger partial charge in [0.15, 0.2) is 11.5 Å². The maximum atomic E-state index is 13.4. The predicted molar refractivity (Wildman–Crippen MR) is 133 cm³/mol. The van der Waals surface area contributed by atoms with Crippen LogP contribution in [0, 0.1) is 6.92 Å². The second kappa shape index (κ2) is 9.94. The number of nitrogens with one attached hydrogen (secondary N) is 1. The minimum absolute atomic E-state index is 0.0120. The van der Waals surface area contributed by atoms with Gasteiger partial charge >= 0.3 is 0 Å². The minimum Gasteiger partial charge on any atom is -0.494 e. The number of rotatable bonds is 8. The number of oxazole rings is 1. The summed E-state index contributed by atoms with van der Waals surface area (Å²) in [6, 6.07) is 13.1. The summed E-state index contributed by atoms with van der Waals surface area (Å²) in [5, 5.41) is 1.88. The Balaban J connectivity index is 1.28. The Morgan fingerprint density at radius 2 is 1.86 bits per heavy atom. The van der Waals surface area contributed by atoms with Crippen LogP contribution in [0.15, 0.2) is 59.3 Å². The van der Waals surface area contributed by atoms with E-state index in [-0.39, 0.29) is 18.0 Å². The first-order valence-corrected chi connectivity index (χ1v) is 12.0. The summed E-state index contributed by atoms with van der Waals surface area (Å²) in [7, 11) is 3.23. The average Bonchev–Trinajstić information content (AvgIpc) is 3.50. The van der Waals surface area contributed by atoms with Gasteiger partial charge in [0.05, 0.1) is 33.4 Å². The summed E-state index contributed by atoms with van der Waals surface area (Å²) in [5.74, 6) is 3.36. The van der Waals surface area contributed by atoms with E-state index in [1.165, 1.54) is 0 Å². The molecule has 3 aromatic rings. The molecule has 2 atom stereocenters. The Kier molecular flexibility index (Phi) is 6.56. The lowest BCUT2D eigenvalue weighted by molar-refractivity contribution is -0.135. The van der Waals surface area contributed by atoms with Crippen LogP contribution in [-0.4, -0.2) is 47.7 Å². The molecule has 5 rings (SSSR count). The first kappa shape index (κ1) is 23.7. The van der Waals surface area contributed by atoms with E-state index in [0.717, 1.165) is 22.6 Å². The van der Waals surface area contributed by atoms with Crippen LogP contribution in [0.25, 0.3) is 11.5 Å². The molecule has 0 radical (unpaired) electrons. The third-order valence-electron chi connectivity index (χ3n) is 6.51. The first-order chi connectivity index (χ1) is 17.5. The molecular weight excluding hydrogens is 460 g/mol. The Labute approximate surface area is 210 Å². The lowest BCUT2D eigenvalue weighted by atomic mass is 10.0. The monoisotopic (exact) mass is 490 g/mol.